The van der Waals surface area contributed by atoms with E-state index in [1.165, 1.54) is 15.9 Å². The van der Waals surface area contributed by atoms with E-state index in [0.29, 0.717) is 60.1 Å². The molecular weight excluding hydrogens is 647 g/mol. The highest BCUT2D eigenvalue weighted by atomic mass is 35.5. The first-order valence-electron chi connectivity index (χ1n) is 14.9. The van der Waals surface area contributed by atoms with Gasteiger partial charge >= 0.3 is 5.97 Å². The van der Waals surface area contributed by atoms with Crippen LogP contribution in [0, 0.1) is 0 Å². The van der Waals surface area contributed by atoms with Crippen LogP contribution in [0.15, 0.2) is 81.7 Å². The van der Waals surface area contributed by atoms with Gasteiger partial charge in [-0.25, -0.2) is 9.79 Å². The van der Waals surface area contributed by atoms with E-state index in [2.05, 4.69) is 4.99 Å². The third kappa shape index (κ3) is 7.17. The molecule has 0 radical (unpaired) electrons. The number of thiazole rings is 1. The Labute approximate surface area is 281 Å². The number of para-hydroxylation sites is 1. The molecule has 0 saturated carbocycles. The van der Waals surface area contributed by atoms with Gasteiger partial charge in [-0.05, 0) is 82.2 Å². The molecule has 1 atom stereocenters. The van der Waals surface area contributed by atoms with Crippen LogP contribution in [0.4, 0.5) is 0 Å². The van der Waals surface area contributed by atoms with Crippen molar-refractivity contribution in [3.8, 4) is 17.2 Å². The van der Waals surface area contributed by atoms with E-state index in [-0.39, 0.29) is 30.5 Å². The van der Waals surface area contributed by atoms with Crippen LogP contribution >= 0.6 is 34.5 Å². The summed E-state index contributed by atoms with van der Waals surface area (Å²) in [5.41, 5.74) is 2.60. The number of aromatic nitrogens is 1. The van der Waals surface area contributed by atoms with Gasteiger partial charge in [0.1, 0.15) is 18.4 Å². The fourth-order valence-electron chi connectivity index (χ4n) is 5.16. The summed E-state index contributed by atoms with van der Waals surface area (Å²) < 4.78 is 25.4. The molecule has 1 aliphatic heterocycles. The molecule has 1 aromatic heterocycles. The minimum absolute atomic E-state index is 0.130. The Morgan fingerprint density at radius 3 is 2.52 bits per heavy atom. The lowest BCUT2D eigenvalue weighted by Gasteiger charge is -2.26. The third-order valence-corrected chi connectivity index (χ3v) is 8.49. The summed E-state index contributed by atoms with van der Waals surface area (Å²) in [5.74, 6) is 0.853. The number of halogens is 2. The fourth-order valence-corrected chi connectivity index (χ4v) is 6.69. The number of carbonyl (C=O) groups excluding carboxylic acids is 1. The minimum Gasteiger partial charge on any atom is -0.491 e. The molecule has 0 N–H and O–H groups in total. The zero-order valence-corrected chi connectivity index (χ0v) is 28.5. The normalized spacial score (nSPS) is 14.6. The molecule has 8 nitrogen and oxygen atoms in total. The van der Waals surface area contributed by atoms with Crippen molar-refractivity contribution in [3.05, 3.63) is 118 Å². The second-order valence-corrected chi connectivity index (χ2v) is 12.5. The monoisotopic (exact) mass is 680 g/mol. The molecule has 0 amide bonds. The van der Waals surface area contributed by atoms with Gasteiger partial charge in [0.2, 0.25) is 0 Å². The lowest BCUT2D eigenvalue weighted by Crippen LogP contribution is -2.40. The van der Waals surface area contributed by atoms with Crippen molar-refractivity contribution in [2.75, 3.05) is 13.2 Å². The van der Waals surface area contributed by atoms with Crippen molar-refractivity contribution < 1.29 is 23.7 Å². The van der Waals surface area contributed by atoms with Crippen LogP contribution in [0.3, 0.4) is 0 Å². The van der Waals surface area contributed by atoms with Gasteiger partial charge in [-0.1, -0.05) is 64.9 Å². The number of esters is 1. The number of nitrogens with zero attached hydrogens (tertiary/aromatic N) is 2. The minimum atomic E-state index is -0.808. The summed E-state index contributed by atoms with van der Waals surface area (Å²) in [6, 6.07) is 17.4. The largest absolute Gasteiger partial charge is 0.491 e. The summed E-state index contributed by atoms with van der Waals surface area (Å²) in [6.07, 6.45) is 1.60. The number of carbonyl (C=O) groups is 1. The predicted octanol–water partition coefficient (Wildman–Crippen LogP) is 6.87. The number of benzene rings is 3. The van der Waals surface area contributed by atoms with E-state index in [1.807, 2.05) is 63.2 Å². The smallest absolute Gasteiger partial charge is 0.338 e. The Bertz CT molecular complexity index is 1980. The third-order valence-electron chi connectivity index (χ3n) is 6.99. The fraction of sp³-hybridized carbons (Fsp3) is 0.286. The van der Waals surface area contributed by atoms with Gasteiger partial charge in [0.05, 0.1) is 40.1 Å². The molecule has 0 spiro atoms. The molecule has 2 heterocycles. The van der Waals surface area contributed by atoms with E-state index in [0.717, 1.165) is 5.56 Å². The summed E-state index contributed by atoms with van der Waals surface area (Å²) in [4.78, 5) is 32.6. The molecular formula is C35H34Cl2N2O6S. The van der Waals surface area contributed by atoms with E-state index in [4.69, 9.17) is 42.1 Å². The molecule has 0 bridgehead atoms. The molecule has 3 aromatic carbocycles. The number of fused-ring (bicyclic) bond motifs is 1. The van der Waals surface area contributed by atoms with Crippen LogP contribution in [0.1, 0.15) is 57.4 Å². The summed E-state index contributed by atoms with van der Waals surface area (Å²) in [5, 5.41) is 0.932. The van der Waals surface area contributed by atoms with Gasteiger partial charge in [-0.3, -0.25) is 9.36 Å². The number of hydrogen-bond donors (Lipinski definition) is 0. The lowest BCUT2D eigenvalue weighted by molar-refractivity contribution is -0.139. The molecule has 0 unspecified atom stereocenters. The molecule has 240 valence electrons. The lowest BCUT2D eigenvalue weighted by atomic mass is 9.95. The molecule has 0 fully saturated rings. The predicted molar refractivity (Wildman–Crippen MR) is 181 cm³/mol. The van der Waals surface area contributed by atoms with E-state index >= 15 is 0 Å². The second-order valence-electron chi connectivity index (χ2n) is 10.7. The van der Waals surface area contributed by atoms with Crippen molar-refractivity contribution in [2.24, 2.45) is 4.99 Å². The van der Waals surface area contributed by atoms with Crippen molar-refractivity contribution in [3.63, 3.8) is 0 Å². The quantitative estimate of drug-likeness (QED) is 0.161. The Morgan fingerprint density at radius 2 is 1.80 bits per heavy atom. The first-order valence-corrected chi connectivity index (χ1v) is 16.5. The average molecular weight is 682 g/mol. The van der Waals surface area contributed by atoms with Crippen molar-refractivity contribution in [1.82, 2.24) is 4.57 Å². The van der Waals surface area contributed by atoms with E-state index in [9.17, 15) is 9.59 Å². The summed E-state index contributed by atoms with van der Waals surface area (Å²) >= 11 is 14.1. The van der Waals surface area contributed by atoms with Gasteiger partial charge in [0.15, 0.2) is 16.3 Å². The van der Waals surface area contributed by atoms with Crippen molar-refractivity contribution >= 4 is 46.6 Å². The van der Waals surface area contributed by atoms with Gasteiger partial charge in [-0.15, -0.1) is 0 Å². The highest BCUT2D eigenvalue weighted by Crippen LogP contribution is 2.38. The molecule has 0 aliphatic carbocycles. The Hall–Kier alpha value is -4.05. The van der Waals surface area contributed by atoms with Crippen molar-refractivity contribution in [2.45, 2.75) is 53.4 Å². The van der Waals surface area contributed by atoms with Crippen LogP contribution in [0.2, 0.25) is 10.0 Å². The van der Waals surface area contributed by atoms with Gasteiger partial charge in [0.25, 0.3) is 5.56 Å². The number of rotatable bonds is 11. The number of ether oxygens (including phenoxy) is 4. The van der Waals surface area contributed by atoms with Gasteiger partial charge in [-0.2, -0.15) is 0 Å². The molecule has 5 rings (SSSR count). The van der Waals surface area contributed by atoms with Crippen molar-refractivity contribution in [1.29, 1.82) is 0 Å². The maximum atomic E-state index is 14.2. The zero-order valence-electron chi connectivity index (χ0n) is 26.1. The first kappa shape index (κ1) is 33.3. The second kappa shape index (κ2) is 14.6. The van der Waals surface area contributed by atoms with E-state index in [1.54, 1.807) is 38.1 Å². The average Bonchev–Trinajstić information content (AvgIpc) is 3.30. The topological polar surface area (TPSA) is 88.4 Å². The molecule has 46 heavy (non-hydrogen) atoms. The Balaban J connectivity index is 1.62. The van der Waals surface area contributed by atoms with Crippen LogP contribution in [-0.2, 0) is 16.1 Å². The van der Waals surface area contributed by atoms with Crippen LogP contribution < -0.4 is 29.1 Å². The van der Waals surface area contributed by atoms with Crippen LogP contribution in [0.5, 0.6) is 17.2 Å². The first-order chi connectivity index (χ1) is 22.1. The highest BCUT2D eigenvalue weighted by molar-refractivity contribution is 7.07. The highest BCUT2D eigenvalue weighted by Gasteiger charge is 2.35. The van der Waals surface area contributed by atoms with Crippen LogP contribution in [-0.4, -0.2) is 29.9 Å². The van der Waals surface area contributed by atoms with Gasteiger partial charge in [0, 0.05) is 10.6 Å². The van der Waals surface area contributed by atoms with E-state index < -0.39 is 12.0 Å². The van der Waals surface area contributed by atoms with Gasteiger partial charge < -0.3 is 18.9 Å². The summed E-state index contributed by atoms with van der Waals surface area (Å²) in [7, 11) is 0. The maximum Gasteiger partial charge on any atom is 0.338 e. The summed E-state index contributed by atoms with van der Waals surface area (Å²) in [6.45, 7) is 9.99. The number of allylic oxidation sites excluding steroid dienone is 1. The molecule has 1 aliphatic rings. The van der Waals surface area contributed by atoms with Crippen LogP contribution in [0.25, 0.3) is 6.08 Å². The molecule has 0 saturated heterocycles. The molecule has 11 heteroatoms. The maximum absolute atomic E-state index is 14.2. The number of hydrogen-bond acceptors (Lipinski definition) is 8. The Morgan fingerprint density at radius 1 is 1.02 bits per heavy atom. The standard InChI is InChI=1S/C35H34Cl2N2O6S/c1-6-42-28-17-23(16-26(37)32(28)44-19-22-11-10-12-24(36)15-22)18-29-33(40)39-31(25-13-8-9-14-27(25)45-20(3)4)30(34(41)43-7-2)21(5)38-35(39)46-29/h8-18,20,31H,6-7,19H2,1-5H3/b29-18-/t31-/m0/s1. The molecule has 4 aromatic rings. The zero-order chi connectivity index (χ0) is 33.0. The Kier molecular flexibility index (Phi) is 10.6. The SMILES string of the molecule is CCOC(=O)C1=C(C)N=c2s/c(=C\c3cc(Cl)c(OCc4cccc(Cl)c4)c(OCC)c3)c(=O)n2[C@H]1c1ccccc1OC(C)C.